The summed E-state index contributed by atoms with van der Waals surface area (Å²) in [5.74, 6) is -1.36. The Morgan fingerprint density at radius 1 is 1.00 bits per heavy atom. The van der Waals surface area contributed by atoms with E-state index in [1.54, 1.807) is 28.8 Å². The largest absolute Gasteiger partial charge is 0.477 e. The molecule has 0 fully saturated rings. The Hall–Kier alpha value is -3.87. The van der Waals surface area contributed by atoms with Crippen LogP contribution in [0, 0.1) is 0 Å². The first-order valence-corrected chi connectivity index (χ1v) is 8.83. The molecule has 0 bridgehead atoms. The van der Waals surface area contributed by atoms with E-state index in [4.69, 9.17) is 4.74 Å². The van der Waals surface area contributed by atoms with Gasteiger partial charge in [0.05, 0.1) is 5.69 Å². The van der Waals surface area contributed by atoms with Crippen LogP contribution in [0.15, 0.2) is 65.6 Å². The van der Waals surface area contributed by atoms with Gasteiger partial charge in [-0.25, -0.2) is 4.79 Å². The molecule has 29 heavy (non-hydrogen) atoms. The first-order valence-electron chi connectivity index (χ1n) is 8.83. The SMILES string of the molecule is CC(=O)Oc1ccc(-n2cc(C(=O)O)c(=O)cc2-c2ccc(N(C)C)cc2)cc1. The maximum atomic E-state index is 12.3. The molecule has 0 aliphatic carbocycles. The monoisotopic (exact) mass is 392 g/mol. The van der Waals surface area contributed by atoms with Gasteiger partial charge in [0.15, 0.2) is 5.43 Å². The molecule has 3 rings (SSSR count). The quantitative estimate of drug-likeness (QED) is 0.530. The summed E-state index contributed by atoms with van der Waals surface area (Å²) < 4.78 is 6.67. The predicted molar refractivity (Wildman–Crippen MR) is 110 cm³/mol. The summed E-state index contributed by atoms with van der Waals surface area (Å²) in [6, 6.07) is 15.5. The second kappa shape index (κ2) is 8.02. The van der Waals surface area contributed by atoms with Crippen molar-refractivity contribution in [2.24, 2.45) is 0 Å². The molecule has 0 radical (unpaired) electrons. The lowest BCUT2D eigenvalue weighted by Gasteiger charge is -2.17. The molecule has 0 saturated carbocycles. The third-order valence-corrected chi connectivity index (χ3v) is 4.34. The van der Waals surface area contributed by atoms with Gasteiger partial charge in [-0.05, 0) is 42.0 Å². The zero-order valence-corrected chi connectivity index (χ0v) is 16.2. The van der Waals surface area contributed by atoms with Crippen LogP contribution in [0.4, 0.5) is 5.69 Å². The molecule has 0 amide bonds. The molecular formula is C22H20N2O5. The average Bonchev–Trinajstić information content (AvgIpc) is 2.68. The lowest BCUT2D eigenvalue weighted by atomic mass is 10.1. The number of aromatic carboxylic acids is 1. The van der Waals surface area contributed by atoms with Crippen molar-refractivity contribution in [1.29, 1.82) is 0 Å². The molecule has 1 heterocycles. The Morgan fingerprint density at radius 2 is 1.62 bits per heavy atom. The van der Waals surface area contributed by atoms with Crippen LogP contribution in [-0.2, 0) is 4.79 Å². The summed E-state index contributed by atoms with van der Waals surface area (Å²) in [7, 11) is 3.86. The average molecular weight is 392 g/mol. The molecule has 0 atom stereocenters. The van der Waals surface area contributed by atoms with Gasteiger partial charge < -0.3 is 19.3 Å². The van der Waals surface area contributed by atoms with Crippen LogP contribution in [0.5, 0.6) is 5.75 Å². The number of carboxylic acids is 1. The second-order valence-corrected chi connectivity index (χ2v) is 6.64. The molecule has 148 valence electrons. The molecular weight excluding hydrogens is 372 g/mol. The second-order valence-electron chi connectivity index (χ2n) is 6.64. The number of hydrogen-bond acceptors (Lipinski definition) is 5. The maximum Gasteiger partial charge on any atom is 0.341 e. The fourth-order valence-electron chi connectivity index (χ4n) is 2.90. The number of rotatable bonds is 5. The highest BCUT2D eigenvalue weighted by Gasteiger charge is 2.15. The summed E-state index contributed by atoms with van der Waals surface area (Å²) >= 11 is 0. The van der Waals surface area contributed by atoms with Crippen molar-refractivity contribution in [3.8, 4) is 22.7 Å². The number of nitrogens with zero attached hydrogens (tertiary/aromatic N) is 2. The summed E-state index contributed by atoms with van der Waals surface area (Å²) in [5.41, 5.74) is 2.02. The Balaban J connectivity index is 2.15. The van der Waals surface area contributed by atoms with E-state index in [0.717, 1.165) is 11.3 Å². The van der Waals surface area contributed by atoms with Crippen LogP contribution >= 0.6 is 0 Å². The first-order chi connectivity index (χ1) is 13.8. The van der Waals surface area contributed by atoms with E-state index in [0.29, 0.717) is 17.1 Å². The van der Waals surface area contributed by atoms with Crippen molar-refractivity contribution >= 4 is 17.6 Å². The summed E-state index contributed by atoms with van der Waals surface area (Å²) in [4.78, 5) is 36.9. The first kappa shape index (κ1) is 19.9. The van der Waals surface area contributed by atoms with Crippen LogP contribution in [0.25, 0.3) is 16.9 Å². The minimum Gasteiger partial charge on any atom is -0.477 e. The lowest BCUT2D eigenvalue weighted by Crippen LogP contribution is -2.18. The summed E-state index contributed by atoms with van der Waals surface area (Å²) in [6.45, 7) is 1.31. The number of anilines is 1. The number of pyridine rings is 1. The predicted octanol–water partition coefficient (Wildman–Crippen LogP) is 3.19. The van der Waals surface area contributed by atoms with Crippen LogP contribution in [0.2, 0.25) is 0 Å². The third-order valence-electron chi connectivity index (χ3n) is 4.34. The smallest absolute Gasteiger partial charge is 0.341 e. The normalized spacial score (nSPS) is 10.4. The van der Waals surface area contributed by atoms with Gasteiger partial charge in [0.25, 0.3) is 0 Å². The zero-order valence-electron chi connectivity index (χ0n) is 16.2. The number of esters is 1. The molecule has 7 heteroatoms. The Morgan fingerprint density at radius 3 is 2.14 bits per heavy atom. The summed E-state index contributed by atoms with van der Waals surface area (Å²) in [5, 5.41) is 9.36. The maximum absolute atomic E-state index is 12.3. The molecule has 0 spiro atoms. The molecule has 2 aromatic carbocycles. The van der Waals surface area contributed by atoms with E-state index >= 15 is 0 Å². The van der Waals surface area contributed by atoms with Crippen LogP contribution < -0.4 is 15.1 Å². The van der Waals surface area contributed by atoms with Gasteiger partial charge in [0.1, 0.15) is 11.3 Å². The van der Waals surface area contributed by atoms with E-state index in [-0.39, 0.29) is 5.56 Å². The van der Waals surface area contributed by atoms with E-state index in [2.05, 4.69) is 0 Å². The number of carbonyl (C=O) groups is 2. The number of hydrogen-bond donors (Lipinski definition) is 1. The number of carboxylic acid groups (broad SMARTS) is 1. The Kier molecular flexibility index (Phi) is 5.50. The third kappa shape index (κ3) is 4.35. The van der Waals surface area contributed by atoms with Crippen molar-refractivity contribution in [3.63, 3.8) is 0 Å². The van der Waals surface area contributed by atoms with Crippen molar-refractivity contribution in [3.05, 3.63) is 76.6 Å². The number of benzene rings is 2. The van der Waals surface area contributed by atoms with Gasteiger partial charge in [0.2, 0.25) is 0 Å². The van der Waals surface area contributed by atoms with E-state index in [9.17, 15) is 19.5 Å². The molecule has 1 aromatic heterocycles. The number of ether oxygens (including phenoxy) is 1. The van der Waals surface area contributed by atoms with Gasteiger partial charge in [-0.3, -0.25) is 9.59 Å². The van der Waals surface area contributed by atoms with E-state index in [1.165, 1.54) is 19.2 Å². The van der Waals surface area contributed by atoms with Crippen LogP contribution in [-0.4, -0.2) is 35.7 Å². The molecule has 7 nitrogen and oxygen atoms in total. The summed E-state index contributed by atoms with van der Waals surface area (Å²) in [6.07, 6.45) is 1.31. The van der Waals surface area contributed by atoms with Crippen LogP contribution in [0.1, 0.15) is 17.3 Å². The molecule has 0 saturated heterocycles. The molecule has 0 aliphatic rings. The molecule has 1 N–H and O–H groups in total. The van der Waals surface area contributed by atoms with Crippen molar-refractivity contribution in [2.45, 2.75) is 6.92 Å². The molecule has 3 aromatic rings. The number of carbonyl (C=O) groups excluding carboxylic acids is 1. The highest BCUT2D eigenvalue weighted by atomic mass is 16.5. The topological polar surface area (TPSA) is 88.8 Å². The Bertz CT molecular complexity index is 1110. The standard InChI is InChI=1S/C22H20N2O5/c1-14(25)29-18-10-8-17(9-11-18)24-13-19(22(27)28)21(26)12-20(24)15-4-6-16(7-5-15)23(2)3/h4-13H,1-3H3,(H,27,28). The van der Waals surface area contributed by atoms with Gasteiger partial charge in [-0.1, -0.05) is 12.1 Å². The minimum atomic E-state index is -1.30. The van der Waals surface area contributed by atoms with Gasteiger partial charge in [-0.15, -0.1) is 0 Å². The molecule has 0 unspecified atom stereocenters. The highest BCUT2D eigenvalue weighted by molar-refractivity contribution is 5.88. The van der Waals surface area contributed by atoms with Crippen LogP contribution in [0.3, 0.4) is 0 Å². The number of aromatic nitrogens is 1. The van der Waals surface area contributed by atoms with Crippen molar-refractivity contribution in [2.75, 3.05) is 19.0 Å². The fourth-order valence-corrected chi connectivity index (χ4v) is 2.90. The fraction of sp³-hybridized carbons (Fsp3) is 0.136. The van der Waals surface area contributed by atoms with E-state index in [1.807, 2.05) is 43.3 Å². The lowest BCUT2D eigenvalue weighted by molar-refractivity contribution is -0.131. The zero-order chi connectivity index (χ0) is 21.1. The van der Waals surface area contributed by atoms with Gasteiger partial charge in [-0.2, -0.15) is 0 Å². The van der Waals surface area contributed by atoms with E-state index < -0.39 is 17.4 Å². The van der Waals surface area contributed by atoms with Crippen molar-refractivity contribution < 1.29 is 19.4 Å². The molecule has 0 aliphatic heterocycles. The van der Waals surface area contributed by atoms with Crippen molar-refractivity contribution in [1.82, 2.24) is 4.57 Å². The minimum absolute atomic E-state index is 0.331. The van der Waals surface area contributed by atoms with Gasteiger partial charge >= 0.3 is 11.9 Å². The highest BCUT2D eigenvalue weighted by Crippen LogP contribution is 2.26. The van der Waals surface area contributed by atoms with Gasteiger partial charge in [0, 0.05) is 44.7 Å². The Labute approximate surface area is 167 Å².